The topological polar surface area (TPSA) is 95.0 Å². The number of aliphatic carboxylic acids is 1. The summed E-state index contributed by atoms with van der Waals surface area (Å²) in [7, 11) is -3.23. The average Bonchev–Trinajstić information content (AvgIpc) is 3.02. The lowest BCUT2D eigenvalue weighted by molar-refractivity contribution is -0.141. The summed E-state index contributed by atoms with van der Waals surface area (Å²) in [5, 5.41) is 8.99. The van der Waals surface area contributed by atoms with E-state index in [1.54, 1.807) is 24.3 Å². The Morgan fingerprint density at radius 3 is 2.32 bits per heavy atom. The summed E-state index contributed by atoms with van der Waals surface area (Å²) in [4.78, 5) is 24.3. The molecule has 118 valence electrons. The number of hydrogen-bond acceptors (Lipinski definition) is 4. The minimum absolute atomic E-state index is 0.00239. The standard InChI is InChI=1S/C14H16N2O5S/c17-13-8-10(14(18)19)9-15(13)11-2-4-12(5-3-11)16-6-1-7-22(16,20)21/h2-5,10H,1,6-9H2,(H,18,19). The second-order valence-corrected chi connectivity index (χ2v) is 7.51. The predicted octanol–water partition coefficient (Wildman–Crippen LogP) is 0.664. The summed E-state index contributed by atoms with van der Waals surface area (Å²) >= 11 is 0. The largest absolute Gasteiger partial charge is 0.481 e. The van der Waals surface area contributed by atoms with Gasteiger partial charge in [0, 0.05) is 25.2 Å². The Kier molecular flexibility index (Phi) is 3.56. The molecule has 1 atom stereocenters. The molecule has 1 aromatic carbocycles. The molecule has 1 aromatic rings. The highest BCUT2D eigenvalue weighted by Gasteiger charge is 2.35. The normalized spacial score (nSPS) is 24.0. The van der Waals surface area contributed by atoms with E-state index in [1.165, 1.54) is 9.21 Å². The lowest BCUT2D eigenvalue weighted by Gasteiger charge is -2.20. The van der Waals surface area contributed by atoms with Crippen LogP contribution in [-0.2, 0) is 19.6 Å². The Morgan fingerprint density at radius 2 is 1.82 bits per heavy atom. The lowest BCUT2D eigenvalue weighted by Crippen LogP contribution is -2.27. The highest BCUT2D eigenvalue weighted by atomic mass is 32.2. The van der Waals surface area contributed by atoms with Gasteiger partial charge in [0.2, 0.25) is 15.9 Å². The summed E-state index contributed by atoms with van der Waals surface area (Å²) in [5.74, 6) is -1.74. The lowest BCUT2D eigenvalue weighted by atomic mass is 10.1. The molecule has 2 fully saturated rings. The van der Waals surface area contributed by atoms with Crippen molar-refractivity contribution in [1.82, 2.24) is 0 Å². The van der Waals surface area contributed by atoms with E-state index in [9.17, 15) is 18.0 Å². The van der Waals surface area contributed by atoms with Crippen LogP contribution in [0.4, 0.5) is 11.4 Å². The van der Waals surface area contributed by atoms with Gasteiger partial charge in [-0.25, -0.2) is 8.42 Å². The van der Waals surface area contributed by atoms with Crippen LogP contribution in [0.3, 0.4) is 0 Å². The number of carbonyl (C=O) groups excluding carboxylic acids is 1. The van der Waals surface area contributed by atoms with E-state index in [1.807, 2.05) is 0 Å². The summed E-state index contributed by atoms with van der Waals surface area (Å²) in [6.45, 7) is 0.612. The van der Waals surface area contributed by atoms with E-state index in [4.69, 9.17) is 5.11 Å². The molecule has 2 heterocycles. The number of carboxylic acid groups (broad SMARTS) is 1. The van der Waals surface area contributed by atoms with Crippen molar-refractivity contribution in [2.45, 2.75) is 12.8 Å². The Labute approximate surface area is 128 Å². The first kappa shape index (κ1) is 14.8. The molecule has 2 aliphatic rings. The fourth-order valence-electron chi connectivity index (χ4n) is 2.85. The number of nitrogens with zero attached hydrogens (tertiary/aromatic N) is 2. The summed E-state index contributed by atoms with van der Waals surface area (Å²) in [6.07, 6.45) is 0.604. The third-order valence-electron chi connectivity index (χ3n) is 4.02. The van der Waals surface area contributed by atoms with Crippen LogP contribution in [0.1, 0.15) is 12.8 Å². The second kappa shape index (κ2) is 5.28. The molecule has 1 unspecified atom stereocenters. The predicted molar refractivity (Wildman–Crippen MR) is 80.3 cm³/mol. The van der Waals surface area contributed by atoms with Crippen molar-refractivity contribution in [3.05, 3.63) is 24.3 Å². The van der Waals surface area contributed by atoms with Gasteiger partial charge in [-0.2, -0.15) is 0 Å². The monoisotopic (exact) mass is 324 g/mol. The van der Waals surface area contributed by atoms with Crippen LogP contribution in [0.25, 0.3) is 0 Å². The second-order valence-electron chi connectivity index (χ2n) is 5.50. The van der Waals surface area contributed by atoms with Crippen LogP contribution < -0.4 is 9.21 Å². The van der Waals surface area contributed by atoms with E-state index in [0.717, 1.165) is 0 Å². The van der Waals surface area contributed by atoms with Crippen molar-refractivity contribution in [3.63, 3.8) is 0 Å². The molecule has 0 aromatic heterocycles. The number of carbonyl (C=O) groups is 2. The van der Waals surface area contributed by atoms with Crippen LogP contribution in [0.5, 0.6) is 0 Å². The van der Waals surface area contributed by atoms with Gasteiger partial charge in [0.25, 0.3) is 0 Å². The van der Waals surface area contributed by atoms with Gasteiger partial charge in [-0.15, -0.1) is 0 Å². The Bertz CT molecular complexity index is 713. The number of sulfonamides is 1. The molecule has 2 saturated heterocycles. The Balaban J connectivity index is 1.80. The SMILES string of the molecule is O=C(O)C1CC(=O)N(c2ccc(N3CCCS3(=O)=O)cc2)C1. The molecular formula is C14H16N2O5S. The zero-order chi connectivity index (χ0) is 15.9. The number of hydrogen-bond donors (Lipinski definition) is 1. The first-order chi connectivity index (χ1) is 10.4. The van der Waals surface area contributed by atoms with Gasteiger partial charge in [-0.1, -0.05) is 0 Å². The van der Waals surface area contributed by atoms with Crippen molar-refractivity contribution in [1.29, 1.82) is 0 Å². The number of benzene rings is 1. The first-order valence-corrected chi connectivity index (χ1v) is 8.63. The summed E-state index contributed by atoms with van der Waals surface area (Å²) in [6, 6.07) is 6.62. The number of amides is 1. The number of rotatable bonds is 3. The average molecular weight is 324 g/mol. The zero-order valence-electron chi connectivity index (χ0n) is 11.8. The Hall–Kier alpha value is -2.09. The molecule has 2 aliphatic heterocycles. The quantitative estimate of drug-likeness (QED) is 0.881. The van der Waals surface area contributed by atoms with Crippen LogP contribution in [-0.4, -0.2) is 44.2 Å². The maximum atomic E-state index is 11.9. The van der Waals surface area contributed by atoms with Gasteiger partial charge in [0.15, 0.2) is 0 Å². The first-order valence-electron chi connectivity index (χ1n) is 7.02. The van der Waals surface area contributed by atoms with Gasteiger partial charge < -0.3 is 10.0 Å². The van der Waals surface area contributed by atoms with Crippen LogP contribution in [0.2, 0.25) is 0 Å². The molecule has 0 saturated carbocycles. The third kappa shape index (κ3) is 2.54. The summed E-state index contributed by atoms with van der Waals surface area (Å²) in [5.41, 5.74) is 1.16. The van der Waals surface area contributed by atoms with Crippen LogP contribution in [0, 0.1) is 5.92 Å². The molecule has 0 radical (unpaired) electrons. The molecule has 1 amide bonds. The molecule has 0 bridgehead atoms. The van der Waals surface area contributed by atoms with Gasteiger partial charge >= 0.3 is 5.97 Å². The van der Waals surface area contributed by atoms with Gasteiger partial charge in [-0.3, -0.25) is 13.9 Å². The molecule has 0 aliphatic carbocycles. The van der Waals surface area contributed by atoms with Crippen molar-refractivity contribution >= 4 is 33.3 Å². The molecule has 0 spiro atoms. The van der Waals surface area contributed by atoms with E-state index in [2.05, 4.69) is 0 Å². The smallest absolute Gasteiger partial charge is 0.308 e. The van der Waals surface area contributed by atoms with E-state index < -0.39 is 21.9 Å². The highest BCUT2D eigenvalue weighted by molar-refractivity contribution is 7.93. The fraction of sp³-hybridized carbons (Fsp3) is 0.429. The molecule has 3 rings (SSSR count). The van der Waals surface area contributed by atoms with Crippen LogP contribution in [0.15, 0.2) is 24.3 Å². The van der Waals surface area contributed by atoms with Crippen molar-refractivity contribution in [2.75, 3.05) is 28.0 Å². The number of anilines is 2. The molecule has 1 N–H and O–H groups in total. The van der Waals surface area contributed by atoms with Gasteiger partial charge in [0.05, 0.1) is 17.4 Å². The molecular weight excluding hydrogens is 308 g/mol. The maximum absolute atomic E-state index is 11.9. The third-order valence-corrected chi connectivity index (χ3v) is 5.89. The van der Waals surface area contributed by atoms with Crippen molar-refractivity contribution in [2.24, 2.45) is 5.92 Å². The zero-order valence-corrected chi connectivity index (χ0v) is 12.6. The minimum Gasteiger partial charge on any atom is -0.481 e. The molecule has 7 nitrogen and oxygen atoms in total. The highest BCUT2D eigenvalue weighted by Crippen LogP contribution is 2.29. The maximum Gasteiger partial charge on any atom is 0.308 e. The fourth-order valence-corrected chi connectivity index (χ4v) is 4.42. The van der Waals surface area contributed by atoms with E-state index >= 15 is 0 Å². The van der Waals surface area contributed by atoms with E-state index in [-0.39, 0.29) is 24.6 Å². The Morgan fingerprint density at radius 1 is 1.18 bits per heavy atom. The van der Waals surface area contributed by atoms with Gasteiger partial charge in [-0.05, 0) is 30.7 Å². The van der Waals surface area contributed by atoms with Gasteiger partial charge in [0.1, 0.15) is 0 Å². The van der Waals surface area contributed by atoms with Crippen molar-refractivity contribution in [3.8, 4) is 0 Å². The minimum atomic E-state index is -3.23. The summed E-state index contributed by atoms with van der Waals surface area (Å²) < 4.78 is 25.1. The van der Waals surface area contributed by atoms with Crippen molar-refractivity contribution < 1.29 is 23.1 Å². The number of carboxylic acids is 1. The molecule has 8 heteroatoms. The van der Waals surface area contributed by atoms with Crippen LogP contribution >= 0.6 is 0 Å². The molecule has 22 heavy (non-hydrogen) atoms. The van der Waals surface area contributed by atoms with E-state index in [0.29, 0.717) is 24.3 Å².